The van der Waals surface area contributed by atoms with Gasteiger partial charge in [-0.1, -0.05) is 6.07 Å². The predicted octanol–water partition coefficient (Wildman–Crippen LogP) is 1.75. The van der Waals surface area contributed by atoms with Gasteiger partial charge < -0.3 is 15.3 Å². The average molecular weight is 356 g/mol. The molecule has 0 radical (unpaired) electrons. The van der Waals surface area contributed by atoms with Gasteiger partial charge in [0.15, 0.2) is 0 Å². The van der Waals surface area contributed by atoms with Crippen molar-refractivity contribution in [3.63, 3.8) is 0 Å². The number of hydrogen-bond donors (Lipinski definition) is 2. The Morgan fingerprint density at radius 1 is 1.23 bits per heavy atom. The Morgan fingerprint density at radius 3 is 2.73 bits per heavy atom. The fraction of sp³-hybridized carbons (Fsp3) is 0.333. The summed E-state index contributed by atoms with van der Waals surface area (Å²) in [5, 5.41) is 16.0. The molecule has 1 saturated heterocycles. The van der Waals surface area contributed by atoms with Gasteiger partial charge in [-0.2, -0.15) is 5.10 Å². The van der Waals surface area contributed by atoms with E-state index in [0.717, 1.165) is 12.8 Å². The molecule has 8 heteroatoms. The number of hydrogen-bond acceptors (Lipinski definition) is 4. The summed E-state index contributed by atoms with van der Waals surface area (Å²) in [6.45, 7) is 0.419. The third-order valence-corrected chi connectivity index (χ3v) is 4.38. The van der Waals surface area contributed by atoms with Gasteiger partial charge in [0.1, 0.15) is 6.04 Å². The van der Waals surface area contributed by atoms with E-state index in [-0.39, 0.29) is 11.8 Å². The SMILES string of the molecule is Cn1cc(C(=O)Nc2cccc(C(=O)N3CCCCC3C(=O)O)c2)cn1. The van der Waals surface area contributed by atoms with Crippen LogP contribution in [-0.4, -0.2) is 50.2 Å². The first kappa shape index (κ1) is 17.7. The number of aromatic nitrogens is 2. The van der Waals surface area contributed by atoms with Gasteiger partial charge in [-0.05, 0) is 37.5 Å². The highest BCUT2D eigenvalue weighted by Gasteiger charge is 2.32. The molecule has 1 atom stereocenters. The van der Waals surface area contributed by atoms with Crippen molar-refractivity contribution in [3.05, 3.63) is 47.8 Å². The molecule has 3 rings (SSSR count). The first-order chi connectivity index (χ1) is 12.5. The molecule has 136 valence electrons. The molecule has 1 aliphatic heterocycles. The number of rotatable bonds is 4. The van der Waals surface area contributed by atoms with Gasteiger partial charge in [-0.25, -0.2) is 4.79 Å². The van der Waals surface area contributed by atoms with Crippen LogP contribution in [0.2, 0.25) is 0 Å². The minimum absolute atomic E-state index is 0.330. The number of carboxylic acid groups (broad SMARTS) is 1. The van der Waals surface area contributed by atoms with Crippen LogP contribution in [0.3, 0.4) is 0 Å². The van der Waals surface area contributed by atoms with E-state index in [4.69, 9.17) is 0 Å². The number of nitrogens with zero attached hydrogens (tertiary/aromatic N) is 3. The Labute approximate surface area is 150 Å². The molecule has 2 aromatic rings. The maximum atomic E-state index is 12.8. The number of aliphatic carboxylic acids is 1. The second kappa shape index (κ2) is 7.38. The number of anilines is 1. The summed E-state index contributed by atoms with van der Waals surface area (Å²) in [5.74, 6) is -1.65. The van der Waals surface area contributed by atoms with Crippen LogP contribution in [0.15, 0.2) is 36.7 Å². The number of nitrogens with one attached hydrogen (secondary N) is 1. The van der Waals surface area contributed by atoms with Crippen LogP contribution in [0.25, 0.3) is 0 Å². The zero-order chi connectivity index (χ0) is 18.7. The van der Waals surface area contributed by atoms with E-state index < -0.39 is 12.0 Å². The number of carbonyl (C=O) groups is 3. The number of benzene rings is 1. The van der Waals surface area contributed by atoms with E-state index in [9.17, 15) is 19.5 Å². The lowest BCUT2D eigenvalue weighted by Gasteiger charge is -2.33. The number of aryl methyl sites for hydroxylation is 1. The van der Waals surface area contributed by atoms with E-state index in [1.54, 1.807) is 37.5 Å². The molecule has 1 aromatic heterocycles. The van der Waals surface area contributed by atoms with E-state index in [0.29, 0.717) is 29.8 Å². The van der Waals surface area contributed by atoms with E-state index >= 15 is 0 Å². The summed E-state index contributed by atoms with van der Waals surface area (Å²) >= 11 is 0. The maximum absolute atomic E-state index is 12.8. The van der Waals surface area contributed by atoms with Crippen molar-refractivity contribution in [3.8, 4) is 0 Å². The summed E-state index contributed by atoms with van der Waals surface area (Å²) in [6, 6.07) is 5.71. The molecule has 1 aromatic carbocycles. The smallest absolute Gasteiger partial charge is 0.326 e. The molecule has 26 heavy (non-hydrogen) atoms. The van der Waals surface area contributed by atoms with Gasteiger partial charge in [0.05, 0.1) is 11.8 Å². The minimum atomic E-state index is -0.987. The summed E-state index contributed by atoms with van der Waals surface area (Å²) in [6.07, 6.45) is 5.08. The molecule has 0 saturated carbocycles. The molecule has 2 amide bonds. The van der Waals surface area contributed by atoms with E-state index in [2.05, 4.69) is 10.4 Å². The molecule has 2 N–H and O–H groups in total. The first-order valence-electron chi connectivity index (χ1n) is 8.39. The quantitative estimate of drug-likeness (QED) is 0.868. The number of piperidine rings is 1. The second-order valence-corrected chi connectivity index (χ2v) is 6.29. The zero-order valence-electron chi connectivity index (χ0n) is 14.4. The average Bonchev–Trinajstić information content (AvgIpc) is 3.08. The molecule has 8 nitrogen and oxygen atoms in total. The fourth-order valence-electron chi connectivity index (χ4n) is 3.07. The van der Waals surface area contributed by atoms with E-state index in [1.165, 1.54) is 15.8 Å². The van der Waals surface area contributed by atoms with Gasteiger partial charge in [0.2, 0.25) is 0 Å². The van der Waals surface area contributed by atoms with Gasteiger partial charge in [-0.3, -0.25) is 14.3 Å². The highest BCUT2D eigenvalue weighted by atomic mass is 16.4. The first-order valence-corrected chi connectivity index (χ1v) is 8.39. The molecule has 0 aliphatic carbocycles. The lowest BCUT2D eigenvalue weighted by molar-refractivity contribution is -0.143. The molecular formula is C18H20N4O4. The minimum Gasteiger partial charge on any atom is -0.480 e. The topological polar surface area (TPSA) is 105 Å². The molecule has 2 heterocycles. The van der Waals surface area contributed by atoms with Crippen LogP contribution < -0.4 is 5.32 Å². The van der Waals surface area contributed by atoms with Gasteiger partial charge >= 0.3 is 5.97 Å². The lowest BCUT2D eigenvalue weighted by Crippen LogP contribution is -2.48. The zero-order valence-corrected chi connectivity index (χ0v) is 14.4. The molecular weight excluding hydrogens is 336 g/mol. The van der Waals surface area contributed by atoms with Crippen LogP contribution >= 0.6 is 0 Å². The third-order valence-electron chi connectivity index (χ3n) is 4.38. The summed E-state index contributed by atoms with van der Waals surface area (Å²) < 4.78 is 1.53. The largest absolute Gasteiger partial charge is 0.480 e. The Kier molecular flexibility index (Phi) is 5.01. The van der Waals surface area contributed by atoms with Crippen molar-refractivity contribution in [2.24, 2.45) is 7.05 Å². The Morgan fingerprint density at radius 2 is 2.04 bits per heavy atom. The van der Waals surface area contributed by atoms with E-state index in [1.807, 2.05) is 0 Å². The highest BCUT2D eigenvalue weighted by Crippen LogP contribution is 2.21. The normalized spacial score (nSPS) is 17.0. The Balaban J connectivity index is 1.77. The van der Waals surface area contributed by atoms with Crippen LogP contribution in [0, 0.1) is 0 Å². The summed E-state index contributed by atoms with van der Waals surface area (Å²) in [5.41, 5.74) is 1.22. The number of carboxylic acids is 1. The third kappa shape index (κ3) is 3.74. The van der Waals surface area contributed by atoms with Crippen LogP contribution in [0.1, 0.15) is 40.0 Å². The van der Waals surface area contributed by atoms with Gasteiger partial charge in [0.25, 0.3) is 11.8 Å². The number of likely N-dealkylation sites (tertiary alicyclic amines) is 1. The Hall–Kier alpha value is -3.16. The van der Waals surface area contributed by atoms with Crippen LogP contribution in [-0.2, 0) is 11.8 Å². The highest BCUT2D eigenvalue weighted by molar-refractivity contribution is 6.05. The Bertz CT molecular complexity index is 845. The van der Waals surface area contributed by atoms with Gasteiger partial charge in [0, 0.05) is 31.0 Å². The predicted molar refractivity (Wildman–Crippen MR) is 93.9 cm³/mol. The van der Waals surface area contributed by atoms with Crippen LogP contribution in [0.4, 0.5) is 5.69 Å². The van der Waals surface area contributed by atoms with Crippen molar-refractivity contribution in [2.75, 3.05) is 11.9 Å². The molecule has 0 bridgehead atoms. The van der Waals surface area contributed by atoms with Crippen LogP contribution in [0.5, 0.6) is 0 Å². The van der Waals surface area contributed by atoms with Crippen molar-refractivity contribution in [1.29, 1.82) is 0 Å². The molecule has 0 spiro atoms. The van der Waals surface area contributed by atoms with Crippen molar-refractivity contribution in [1.82, 2.24) is 14.7 Å². The molecule has 1 aliphatic rings. The van der Waals surface area contributed by atoms with Crippen molar-refractivity contribution in [2.45, 2.75) is 25.3 Å². The maximum Gasteiger partial charge on any atom is 0.326 e. The standard InChI is InChI=1S/C18H20N4O4/c1-21-11-13(10-19-21)16(23)20-14-6-4-5-12(9-14)17(24)22-8-3-2-7-15(22)18(25)26/h4-6,9-11,15H,2-3,7-8H2,1H3,(H,20,23)(H,25,26). The van der Waals surface area contributed by atoms with Crippen molar-refractivity contribution >= 4 is 23.5 Å². The summed E-state index contributed by atoms with van der Waals surface area (Å²) in [7, 11) is 1.72. The molecule has 1 fully saturated rings. The fourth-order valence-corrected chi connectivity index (χ4v) is 3.07. The number of carbonyl (C=O) groups excluding carboxylic acids is 2. The summed E-state index contributed by atoms with van der Waals surface area (Å²) in [4.78, 5) is 37.8. The molecule has 1 unspecified atom stereocenters. The monoisotopic (exact) mass is 356 g/mol. The number of amides is 2. The second-order valence-electron chi connectivity index (χ2n) is 6.29. The lowest BCUT2D eigenvalue weighted by atomic mass is 10.0. The van der Waals surface area contributed by atoms with Crippen molar-refractivity contribution < 1.29 is 19.5 Å². The van der Waals surface area contributed by atoms with Gasteiger partial charge in [-0.15, -0.1) is 0 Å².